The largest absolute Gasteiger partial charge is 0.465 e. The summed E-state index contributed by atoms with van der Waals surface area (Å²) in [7, 11) is -2.34. The van der Waals surface area contributed by atoms with E-state index in [2.05, 4.69) is 14.8 Å². The number of amides is 1. The molecular formula is C15H20N2O5S2. The zero-order valence-electron chi connectivity index (χ0n) is 13.7. The number of thiophene rings is 1. The Morgan fingerprint density at radius 1 is 1.33 bits per heavy atom. The number of sulfonamides is 1. The highest BCUT2D eigenvalue weighted by Crippen LogP contribution is 2.24. The van der Waals surface area contributed by atoms with Gasteiger partial charge < -0.3 is 14.5 Å². The minimum absolute atomic E-state index is 0.227. The Kier molecular flexibility index (Phi) is 6.03. The SMILES string of the molecule is COC(=O)NCCc1ccc(S(=O)(=O)N[C@@H](C)c2ccc(C)o2)s1. The molecule has 9 heteroatoms. The molecule has 0 bridgehead atoms. The molecule has 2 aromatic rings. The molecule has 0 saturated carbocycles. The Balaban J connectivity index is 1.98. The lowest BCUT2D eigenvalue weighted by molar-refractivity contribution is 0.171. The van der Waals surface area contributed by atoms with Gasteiger partial charge in [-0.2, -0.15) is 0 Å². The van der Waals surface area contributed by atoms with Crippen LogP contribution in [0.1, 0.15) is 29.4 Å². The third kappa shape index (κ3) is 4.83. The van der Waals surface area contributed by atoms with Gasteiger partial charge in [0.25, 0.3) is 10.0 Å². The molecule has 2 heterocycles. The molecular weight excluding hydrogens is 352 g/mol. The zero-order valence-corrected chi connectivity index (χ0v) is 15.3. The fourth-order valence-corrected chi connectivity index (χ4v) is 4.62. The molecule has 0 spiro atoms. The highest BCUT2D eigenvalue weighted by Gasteiger charge is 2.22. The Morgan fingerprint density at radius 3 is 2.71 bits per heavy atom. The lowest BCUT2D eigenvalue weighted by Gasteiger charge is -2.10. The van der Waals surface area contributed by atoms with Gasteiger partial charge in [0.15, 0.2) is 0 Å². The fourth-order valence-electron chi connectivity index (χ4n) is 2.03. The molecule has 2 N–H and O–H groups in total. The third-order valence-electron chi connectivity index (χ3n) is 3.25. The monoisotopic (exact) mass is 372 g/mol. The summed E-state index contributed by atoms with van der Waals surface area (Å²) in [6.45, 7) is 3.91. The lowest BCUT2D eigenvalue weighted by Crippen LogP contribution is -2.26. The minimum atomic E-state index is -3.63. The normalized spacial score (nSPS) is 12.8. The second-order valence-electron chi connectivity index (χ2n) is 5.18. The van der Waals surface area contributed by atoms with E-state index in [1.165, 1.54) is 18.4 Å². The van der Waals surface area contributed by atoms with E-state index < -0.39 is 22.2 Å². The summed E-state index contributed by atoms with van der Waals surface area (Å²) in [6, 6.07) is 6.37. The van der Waals surface area contributed by atoms with Gasteiger partial charge >= 0.3 is 6.09 Å². The molecule has 0 saturated heterocycles. The molecule has 0 aliphatic heterocycles. The smallest absolute Gasteiger partial charge is 0.406 e. The van der Waals surface area contributed by atoms with Crippen LogP contribution < -0.4 is 10.0 Å². The first-order valence-electron chi connectivity index (χ1n) is 7.31. The van der Waals surface area contributed by atoms with Gasteiger partial charge in [-0.25, -0.2) is 17.9 Å². The average Bonchev–Trinajstić information content (AvgIpc) is 3.16. The van der Waals surface area contributed by atoms with Crippen molar-refractivity contribution in [3.63, 3.8) is 0 Å². The second kappa shape index (κ2) is 7.82. The summed E-state index contributed by atoms with van der Waals surface area (Å²) in [5.41, 5.74) is 0. The number of furan rings is 1. The third-order valence-corrected chi connectivity index (χ3v) is 6.43. The van der Waals surface area contributed by atoms with Crippen molar-refractivity contribution >= 4 is 27.5 Å². The molecule has 0 aliphatic rings. The van der Waals surface area contributed by atoms with Crippen LogP contribution in [0.25, 0.3) is 0 Å². The number of methoxy groups -OCH3 is 1. The summed E-state index contributed by atoms with van der Waals surface area (Å²) in [6.07, 6.45) is 0.0195. The molecule has 0 unspecified atom stereocenters. The predicted molar refractivity (Wildman–Crippen MR) is 90.6 cm³/mol. The Hall–Kier alpha value is -1.84. The Morgan fingerprint density at radius 2 is 2.08 bits per heavy atom. The Labute approximate surface area is 145 Å². The number of nitrogens with one attached hydrogen (secondary N) is 2. The van der Waals surface area contributed by atoms with Crippen LogP contribution in [0.3, 0.4) is 0 Å². The van der Waals surface area contributed by atoms with Crippen molar-refractivity contribution in [3.8, 4) is 0 Å². The summed E-state index contributed by atoms with van der Waals surface area (Å²) < 4.78 is 37.6. The van der Waals surface area contributed by atoms with Crippen LogP contribution in [0, 0.1) is 6.92 Å². The van der Waals surface area contributed by atoms with Gasteiger partial charge in [0.2, 0.25) is 0 Å². The number of hydrogen-bond donors (Lipinski definition) is 2. The van der Waals surface area contributed by atoms with Gasteiger partial charge in [-0.1, -0.05) is 0 Å². The maximum absolute atomic E-state index is 12.4. The van der Waals surface area contributed by atoms with Crippen LogP contribution in [0.2, 0.25) is 0 Å². The Bertz CT molecular complexity index is 794. The molecule has 0 fully saturated rings. The molecule has 0 aromatic carbocycles. The molecule has 24 heavy (non-hydrogen) atoms. The van der Waals surface area contributed by atoms with Crippen LogP contribution in [0.4, 0.5) is 4.79 Å². The first-order chi connectivity index (χ1) is 11.3. The van der Waals surface area contributed by atoms with Crippen LogP contribution in [0.15, 0.2) is 32.9 Å². The molecule has 2 rings (SSSR count). The number of ether oxygens (including phenoxy) is 1. The highest BCUT2D eigenvalue weighted by atomic mass is 32.2. The summed E-state index contributed by atoms with van der Waals surface area (Å²) >= 11 is 1.17. The number of rotatable bonds is 7. The molecule has 1 amide bonds. The molecule has 0 aliphatic carbocycles. The first kappa shape index (κ1) is 18.5. The van der Waals surface area contributed by atoms with E-state index in [9.17, 15) is 13.2 Å². The number of carbonyl (C=O) groups excluding carboxylic acids is 1. The summed E-state index contributed by atoms with van der Waals surface area (Å²) in [5, 5.41) is 2.55. The van der Waals surface area contributed by atoms with E-state index in [1.54, 1.807) is 38.1 Å². The van der Waals surface area contributed by atoms with E-state index in [4.69, 9.17) is 4.42 Å². The van der Waals surface area contributed by atoms with Crippen molar-refractivity contribution < 1.29 is 22.4 Å². The molecule has 1 atom stereocenters. The highest BCUT2D eigenvalue weighted by molar-refractivity contribution is 7.91. The minimum Gasteiger partial charge on any atom is -0.465 e. The topological polar surface area (TPSA) is 97.6 Å². The fraction of sp³-hybridized carbons (Fsp3) is 0.400. The van der Waals surface area contributed by atoms with E-state index in [-0.39, 0.29) is 4.21 Å². The second-order valence-corrected chi connectivity index (χ2v) is 8.29. The van der Waals surface area contributed by atoms with Gasteiger partial charge in [-0.05, 0) is 44.5 Å². The van der Waals surface area contributed by atoms with Crippen LogP contribution in [0.5, 0.6) is 0 Å². The van der Waals surface area contributed by atoms with Crippen molar-refractivity contribution in [3.05, 3.63) is 40.7 Å². The zero-order chi connectivity index (χ0) is 17.7. The van der Waals surface area contributed by atoms with Crippen molar-refractivity contribution in [2.75, 3.05) is 13.7 Å². The maximum Gasteiger partial charge on any atom is 0.406 e. The number of aryl methyl sites for hydroxylation is 1. The van der Waals surface area contributed by atoms with E-state index >= 15 is 0 Å². The quantitative estimate of drug-likeness (QED) is 0.778. The number of hydrogen-bond acceptors (Lipinski definition) is 6. The molecule has 7 nitrogen and oxygen atoms in total. The maximum atomic E-state index is 12.4. The summed E-state index contributed by atoms with van der Waals surface area (Å²) in [4.78, 5) is 11.8. The summed E-state index contributed by atoms with van der Waals surface area (Å²) in [5.74, 6) is 1.29. The molecule has 0 radical (unpaired) electrons. The van der Waals surface area contributed by atoms with Crippen molar-refractivity contribution in [1.29, 1.82) is 0 Å². The van der Waals surface area contributed by atoms with Gasteiger partial charge in [0.1, 0.15) is 15.7 Å². The molecule has 132 valence electrons. The molecule has 2 aromatic heterocycles. The van der Waals surface area contributed by atoms with Crippen molar-refractivity contribution in [2.45, 2.75) is 30.5 Å². The van der Waals surface area contributed by atoms with Crippen molar-refractivity contribution in [1.82, 2.24) is 10.0 Å². The van der Waals surface area contributed by atoms with Crippen molar-refractivity contribution in [2.24, 2.45) is 0 Å². The van der Waals surface area contributed by atoms with Crippen LogP contribution in [-0.4, -0.2) is 28.2 Å². The number of carbonyl (C=O) groups is 1. The van der Waals surface area contributed by atoms with Gasteiger partial charge in [-0.3, -0.25) is 0 Å². The number of alkyl carbamates (subject to hydrolysis) is 1. The standard InChI is InChI=1S/C15H20N2O5S2/c1-10-4-6-13(22-10)11(2)17-24(19,20)14-7-5-12(23-14)8-9-16-15(18)21-3/h4-7,11,17H,8-9H2,1-3H3,(H,16,18)/t11-/m0/s1. The van der Waals surface area contributed by atoms with Gasteiger partial charge in [0, 0.05) is 11.4 Å². The van der Waals surface area contributed by atoms with Crippen LogP contribution >= 0.6 is 11.3 Å². The van der Waals surface area contributed by atoms with Gasteiger partial charge in [0.05, 0.1) is 13.2 Å². The van der Waals surface area contributed by atoms with E-state index in [0.29, 0.717) is 18.7 Å². The lowest BCUT2D eigenvalue weighted by atomic mass is 10.3. The van der Waals surface area contributed by atoms with Gasteiger partial charge in [-0.15, -0.1) is 11.3 Å². The first-order valence-corrected chi connectivity index (χ1v) is 9.61. The average molecular weight is 372 g/mol. The van der Waals surface area contributed by atoms with E-state index in [0.717, 1.165) is 10.6 Å². The predicted octanol–water partition coefficient (Wildman–Crippen LogP) is 2.59. The van der Waals surface area contributed by atoms with Crippen LogP contribution in [-0.2, 0) is 21.2 Å². The van der Waals surface area contributed by atoms with E-state index in [1.807, 2.05) is 0 Å².